The fourth-order valence-electron chi connectivity index (χ4n) is 2.91. The third kappa shape index (κ3) is 3.50. The summed E-state index contributed by atoms with van der Waals surface area (Å²) in [4.78, 5) is 12.8. The summed E-state index contributed by atoms with van der Waals surface area (Å²) >= 11 is 7.56. The third-order valence-electron chi connectivity index (χ3n) is 4.29. The average Bonchev–Trinajstić information content (AvgIpc) is 3.11. The second-order valence-electron chi connectivity index (χ2n) is 6.05. The lowest BCUT2D eigenvalue weighted by Gasteiger charge is -2.15. The molecule has 1 unspecified atom stereocenters. The van der Waals surface area contributed by atoms with Crippen LogP contribution >= 0.6 is 23.4 Å². The summed E-state index contributed by atoms with van der Waals surface area (Å²) in [5, 5.41) is 13.5. The highest BCUT2D eigenvalue weighted by atomic mass is 35.5. The minimum Gasteiger partial charge on any atom is -0.324 e. The number of anilines is 1. The molecule has 7 heteroatoms. The molecule has 0 radical (unpaired) electrons. The third-order valence-corrected chi connectivity index (χ3v) is 5.93. The number of pyridine rings is 1. The van der Waals surface area contributed by atoms with Gasteiger partial charge >= 0.3 is 0 Å². The van der Waals surface area contributed by atoms with Gasteiger partial charge in [0.05, 0.1) is 21.5 Å². The van der Waals surface area contributed by atoms with Crippen LogP contribution in [-0.4, -0.2) is 25.8 Å². The molecule has 136 valence electrons. The molecule has 0 aliphatic heterocycles. The topological polar surface area (TPSA) is 59.3 Å². The standard InChI is InChI=1S/C20H17ClN4OS/c1-2-17(19(26)22-15-9-5-4-8-14(15)21)27-20-24-23-18-12-11-13-7-3-6-10-16(13)25(18)20/h3-12,17H,2H2,1H3,(H,22,26). The number of para-hydroxylation sites is 2. The zero-order chi connectivity index (χ0) is 18.8. The summed E-state index contributed by atoms with van der Waals surface area (Å²) in [6.07, 6.45) is 0.653. The lowest BCUT2D eigenvalue weighted by atomic mass is 10.2. The molecule has 0 spiro atoms. The molecule has 27 heavy (non-hydrogen) atoms. The molecule has 0 aliphatic carbocycles. The van der Waals surface area contributed by atoms with Gasteiger partial charge < -0.3 is 5.32 Å². The molecule has 1 amide bonds. The lowest BCUT2D eigenvalue weighted by molar-refractivity contribution is -0.115. The number of nitrogens with one attached hydrogen (secondary N) is 1. The fraction of sp³-hybridized carbons (Fsp3) is 0.150. The van der Waals surface area contributed by atoms with Gasteiger partial charge in [0.15, 0.2) is 10.8 Å². The van der Waals surface area contributed by atoms with E-state index in [1.54, 1.807) is 12.1 Å². The molecule has 2 aromatic heterocycles. The minimum absolute atomic E-state index is 0.104. The summed E-state index contributed by atoms with van der Waals surface area (Å²) in [7, 11) is 0. The van der Waals surface area contributed by atoms with Crippen LogP contribution in [0.15, 0.2) is 65.8 Å². The van der Waals surface area contributed by atoms with Crippen molar-refractivity contribution in [3.8, 4) is 0 Å². The van der Waals surface area contributed by atoms with Crippen LogP contribution in [0.2, 0.25) is 5.02 Å². The first kappa shape index (κ1) is 17.8. The molecule has 0 fully saturated rings. The Morgan fingerprint density at radius 3 is 2.70 bits per heavy atom. The number of carbonyl (C=O) groups excluding carboxylic acids is 1. The summed E-state index contributed by atoms with van der Waals surface area (Å²) in [5.41, 5.74) is 2.39. The van der Waals surface area contributed by atoms with Gasteiger partial charge in [0, 0.05) is 0 Å². The summed E-state index contributed by atoms with van der Waals surface area (Å²) in [5.74, 6) is -0.104. The highest BCUT2D eigenvalue weighted by Crippen LogP contribution is 2.29. The number of hydrogen-bond acceptors (Lipinski definition) is 4. The molecule has 1 atom stereocenters. The number of halogens is 1. The van der Waals surface area contributed by atoms with E-state index in [1.807, 2.05) is 59.9 Å². The average molecular weight is 397 g/mol. The van der Waals surface area contributed by atoms with E-state index in [9.17, 15) is 4.79 Å². The number of carbonyl (C=O) groups is 1. The maximum absolute atomic E-state index is 12.8. The smallest absolute Gasteiger partial charge is 0.238 e. The van der Waals surface area contributed by atoms with Crippen LogP contribution in [0.1, 0.15) is 13.3 Å². The van der Waals surface area contributed by atoms with Crippen molar-refractivity contribution in [3.05, 3.63) is 65.7 Å². The zero-order valence-electron chi connectivity index (χ0n) is 14.6. The molecule has 2 heterocycles. The van der Waals surface area contributed by atoms with Crippen molar-refractivity contribution in [1.29, 1.82) is 0 Å². The van der Waals surface area contributed by atoms with E-state index >= 15 is 0 Å². The predicted molar refractivity (Wildman–Crippen MR) is 111 cm³/mol. The zero-order valence-corrected chi connectivity index (χ0v) is 16.2. The van der Waals surface area contributed by atoms with E-state index in [1.165, 1.54) is 11.8 Å². The normalized spacial score (nSPS) is 12.4. The first-order valence-electron chi connectivity index (χ1n) is 8.62. The van der Waals surface area contributed by atoms with Crippen LogP contribution in [0.25, 0.3) is 16.6 Å². The number of fused-ring (bicyclic) bond motifs is 3. The Morgan fingerprint density at radius 1 is 1.11 bits per heavy atom. The Hall–Kier alpha value is -2.57. The minimum atomic E-state index is -0.312. The molecule has 4 aromatic rings. The highest BCUT2D eigenvalue weighted by Gasteiger charge is 2.22. The van der Waals surface area contributed by atoms with Gasteiger partial charge in [-0.25, -0.2) is 0 Å². The van der Waals surface area contributed by atoms with E-state index in [0.717, 1.165) is 16.6 Å². The monoisotopic (exact) mass is 396 g/mol. The molecule has 1 N–H and O–H groups in total. The molecule has 5 nitrogen and oxygen atoms in total. The Bertz CT molecular complexity index is 1130. The quantitative estimate of drug-likeness (QED) is 0.480. The van der Waals surface area contributed by atoms with Gasteiger partial charge in [-0.05, 0) is 42.1 Å². The number of benzene rings is 2. The number of nitrogens with zero attached hydrogens (tertiary/aromatic N) is 3. The Labute approximate surface area is 165 Å². The van der Waals surface area contributed by atoms with Gasteiger partial charge in [-0.2, -0.15) is 0 Å². The van der Waals surface area contributed by atoms with E-state index in [0.29, 0.717) is 22.3 Å². The van der Waals surface area contributed by atoms with Crippen LogP contribution in [0.4, 0.5) is 5.69 Å². The summed E-state index contributed by atoms with van der Waals surface area (Å²) < 4.78 is 1.99. The molecule has 0 saturated carbocycles. The van der Waals surface area contributed by atoms with Crippen LogP contribution in [0, 0.1) is 0 Å². The second kappa shape index (κ2) is 7.58. The lowest BCUT2D eigenvalue weighted by Crippen LogP contribution is -2.25. The SMILES string of the molecule is CCC(Sc1nnc2ccc3ccccc3n12)C(=O)Nc1ccccc1Cl. The van der Waals surface area contributed by atoms with Crippen molar-refractivity contribution in [1.82, 2.24) is 14.6 Å². The van der Waals surface area contributed by atoms with E-state index in [2.05, 4.69) is 15.5 Å². The van der Waals surface area contributed by atoms with Crippen LogP contribution in [-0.2, 0) is 4.79 Å². The molecular weight excluding hydrogens is 380 g/mol. The van der Waals surface area contributed by atoms with Crippen molar-refractivity contribution < 1.29 is 4.79 Å². The van der Waals surface area contributed by atoms with Crippen molar-refractivity contribution in [2.75, 3.05) is 5.32 Å². The van der Waals surface area contributed by atoms with Crippen molar-refractivity contribution in [2.45, 2.75) is 23.8 Å². The highest BCUT2D eigenvalue weighted by molar-refractivity contribution is 8.00. The van der Waals surface area contributed by atoms with Gasteiger partial charge in [0.2, 0.25) is 5.91 Å². The predicted octanol–water partition coefficient (Wildman–Crippen LogP) is 5.05. The van der Waals surface area contributed by atoms with Crippen LogP contribution < -0.4 is 5.32 Å². The maximum atomic E-state index is 12.8. The van der Waals surface area contributed by atoms with E-state index in [4.69, 9.17) is 11.6 Å². The van der Waals surface area contributed by atoms with Gasteiger partial charge in [0.25, 0.3) is 0 Å². The number of aromatic nitrogens is 3. The number of thioether (sulfide) groups is 1. The molecule has 0 bridgehead atoms. The molecule has 2 aromatic carbocycles. The Morgan fingerprint density at radius 2 is 1.89 bits per heavy atom. The summed E-state index contributed by atoms with van der Waals surface area (Å²) in [6.45, 7) is 1.98. The van der Waals surface area contributed by atoms with E-state index < -0.39 is 0 Å². The van der Waals surface area contributed by atoms with Gasteiger partial charge in [-0.15, -0.1) is 10.2 Å². The summed E-state index contributed by atoms with van der Waals surface area (Å²) in [6, 6.07) is 19.2. The van der Waals surface area contributed by atoms with Crippen molar-refractivity contribution in [3.63, 3.8) is 0 Å². The fourth-order valence-corrected chi connectivity index (χ4v) is 4.07. The van der Waals surface area contributed by atoms with Gasteiger partial charge in [0.1, 0.15) is 0 Å². The molecular formula is C20H17ClN4OS. The number of amides is 1. The number of hydrogen-bond donors (Lipinski definition) is 1. The van der Waals surface area contributed by atoms with Crippen LogP contribution in [0.5, 0.6) is 0 Å². The van der Waals surface area contributed by atoms with E-state index in [-0.39, 0.29) is 11.2 Å². The van der Waals surface area contributed by atoms with Crippen LogP contribution in [0.3, 0.4) is 0 Å². The molecule has 4 rings (SSSR count). The van der Waals surface area contributed by atoms with Gasteiger partial charge in [-0.1, -0.05) is 60.6 Å². The maximum Gasteiger partial charge on any atom is 0.238 e. The Balaban J connectivity index is 1.65. The molecule has 0 saturated heterocycles. The first-order valence-corrected chi connectivity index (χ1v) is 9.88. The van der Waals surface area contributed by atoms with Gasteiger partial charge in [-0.3, -0.25) is 9.20 Å². The number of rotatable bonds is 5. The largest absolute Gasteiger partial charge is 0.324 e. The first-order chi connectivity index (χ1) is 13.2. The Kier molecular flexibility index (Phi) is 5.01. The van der Waals surface area contributed by atoms with Crippen molar-refractivity contribution in [2.24, 2.45) is 0 Å². The molecule has 0 aliphatic rings. The second-order valence-corrected chi connectivity index (χ2v) is 7.63. The van der Waals surface area contributed by atoms with Crippen molar-refractivity contribution >= 4 is 51.5 Å².